The minimum absolute atomic E-state index is 0.195. The number of aromatic nitrogens is 1. The van der Waals surface area contributed by atoms with Crippen molar-refractivity contribution in [2.45, 2.75) is 111 Å². The average Bonchev–Trinajstić information content (AvgIpc) is 3.31. The van der Waals surface area contributed by atoms with E-state index in [9.17, 15) is 14.8 Å². The van der Waals surface area contributed by atoms with Crippen molar-refractivity contribution in [3.05, 3.63) is 30.1 Å². The predicted molar refractivity (Wildman–Crippen MR) is 166 cm³/mol. The molecule has 1 aromatic heterocycles. The summed E-state index contributed by atoms with van der Waals surface area (Å²) in [5, 5.41) is 22.8. The Labute approximate surface area is 254 Å². The highest BCUT2D eigenvalue weighted by Crippen LogP contribution is 2.70. The number of hydrogen-bond acceptors (Lipinski definition) is 6. The molecule has 2 N–H and O–H groups in total. The van der Waals surface area contributed by atoms with E-state index in [0.29, 0.717) is 60.8 Å². The molecule has 0 spiro atoms. The van der Waals surface area contributed by atoms with Crippen LogP contribution < -0.4 is 0 Å². The first-order valence-corrected chi connectivity index (χ1v) is 18.8. The number of fused-ring (bicyclic) bond motifs is 5. The fourth-order valence-electron chi connectivity index (χ4n) is 11.5. The summed E-state index contributed by atoms with van der Waals surface area (Å²) in [6.45, 7) is 13.0. The summed E-state index contributed by atoms with van der Waals surface area (Å²) in [7, 11) is -3.11. The summed E-state index contributed by atoms with van der Waals surface area (Å²) in [6.07, 6.45) is 13.0. The maximum absolute atomic E-state index is 13.6. The van der Waals surface area contributed by atoms with Gasteiger partial charge < -0.3 is 19.3 Å². The van der Waals surface area contributed by atoms with Crippen molar-refractivity contribution in [3.63, 3.8) is 0 Å². The molecule has 0 aromatic carbocycles. The monoisotopic (exact) mass is 601 g/mol. The maximum Gasteiger partial charge on any atom is 0.331 e. The summed E-state index contributed by atoms with van der Waals surface area (Å²) in [4.78, 5) is 4.12. The lowest BCUT2D eigenvalue weighted by Crippen LogP contribution is -2.63. The van der Waals surface area contributed by atoms with Crippen LogP contribution in [0.25, 0.3) is 0 Å². The van der Waals surface area contributed by atoms with Crippen LogP contribution in [0.1, 0.15) is 104 Å². The molecule has 6 nitrogen and oxygen atoms in total. The Bertz CT molecular complexity index is 1130. The highest BCUT2D eigenvalue weighted by molar-refractivity contribution is 7.53. The third-order valence-corrected chi connectivity index (χ3v) is 15.6. The van der Waals surface area contributed by atoms with Crippen LogP contribution in [-0.4, -0.2) is 46.8 Å². The Morgan fingerprint density at radius 2 is 1.71 bits per heavy atom. The maximum atomic E-state index is 13.6. The van der Waals surface area contributed by atoms with Gasteiger partial charge in [-0.05, 0) is 140 Å². The minimum Gasteiger partial charge on any atom is -0.393 e. The number of nitrogens with zero attached hydrogens (tertiary/aromatic N) is 1. The van der Waals surface area contributed by atoms with Crippen LogP contribution in [0.3, 0.4) is 0 Å². The molecule has 0 amide bonds. The van der Waals surface area contributed by atoms with Crippen LogP contribution >= 0.6 is 7.60 Å². The van der Waals surface area contributed by atoms with Gasteiger partial charge in [-0.1, -0.05) is 34.6 Å². The van der Waals surface area contributed by atoms with Gasteiger partial charge in [0, 0.05) is 12.4 Å². The third kappa shape index (κ3) is 5.38. The lowest BCUT2D eigenvalue weighted by atomic mass is 9.40. The molecule has 4 aliphatic carbocycles. The second kappa shape index (κ2) is 11.9. The molecule has 6 rings (SSSR count). The second-order valence-corrected chi connectivity index (χ2v) is 18.0. The third-order valence-electron chi connectivity index (χ3n) is 13.6. The van der Waals surface area contributed by atoms with Crippen molar-refractivity contribution < 1.29 is 23.8 Å². The summed E-state index contributed by atoms with van der Waals surface area (Å²) < 4.78 is 25.4. The minimum atomic E-state index is -3.11. The van der Waals surface area contributed by atoms with E-state index in [1.807, 2.05) is 12.1 Å². The van der Waals surface area contributed by atoms with Crippen molar-refractivity contribution in [2.24, 2.45) is 58.2 Å². The molecule has 1 aromatic rings. The standard InChI is InChI=1S/C35H56NO5P/c1-22(2)31-30-20-26(37)8-14-35(30,5)29-9-15-34(4)27(6-7-28(34)32(29)33(31)38)23(3)12-18-40-42(39)21-25(13-19-41-42)24-10-16-36-17-11-24/h10-11,16-17,22-23,25-33,37-38H,6-9,12-15,18-21H2,1-5H3/t23-,25-,26-,27-,28?,29?,30?,31-,32?,33-,34-,35-,42-/m1/s1. The van der Waals surface area contributed by atoms with Gasteiger partial charge in [0.1, 0.15) is 0 Å². The highest BCUT2D eigenvalue weighted by atomic mass is 31.2. The van der Waals surface area contributed by atoms with E-state index >= 15 is 0 Å². The first-order chi connectivity index (χ1) is 20.0. The first-order valence-electron chi connectivity index (χ1n) is 17.1. The van der Waals surface area contributed by atoms with E-state index in [-0.39, 0.29) is 34.9 Å². The van der Waals surface area contributed by atoms with E-state index in [2.05, 4.69) is 39.6 Å². The number of hydrogen-bond donors (Lipinski definition) is 2. The summed E-state index contributed by atoms with van der Waals surface area (Å²) >= 11 is 0. The number of aliphatic hydroxyl groups excluding tert-OH is 2. The van der Waals surface area contributed by atoms with Gasteiger partial charge in [0.15, 0.2) is 0 Å². The fourth-order valence-corrected chi connectivity index (χ4v) is 13.5. The molecule has 2 heterocycles. The lowest BCUT2D eigenvalue weighted by molar-refractivity contribution is -0.211. The van der Waals surface area contributed by atoms with Gasteiger partial charge in [0.05, 0.1) is 31.6 Å². The van der Waals surface area contributed by atoms with Crippen LogP contribution in [0.5, 0.6) is 0 Å². The van der Waals surface area contributed by atoms with Gasteiger partial charge in [-0.3, -0.25) is 9.55 Å². The molecule has 7 heteroatoms. The normalized spacial score (nSPS) is 47.9. The molecule has 0 bridgehead atoms. The number of pyridine rings is 1. The van der Waals surface area contributed by atoms with Crippen molar-refractivity contribution >= 4 is 7.60 Å². The van der Waals surface area contributed by atoms with Crippen molar-refractivity contribution in [1.29, 1.82) is 0 Å². The highest BCUT2D eigenvalue weighted by Gasteiger charge is 2.65. The molecule has 0 radical (unpaired) electrons. The SMILES string of the molecule is CC(C)[C@@H]1C2C[C@H](O)CC[C@]2(C)C2CC[C@@]3(C)C(CC[C@@H]3[C@H](C)CCO[P@]3(=O)C[C@H](c4ccncc4)CCO3)C2[C@@H]1O. The Balaban J connectivity index is 1.12. The zero-order valence-corrected chi connectivity index (χ0v) is 27.6. The van der Waals surface area contributed by atoms with E-state index in [1.165, 1.54) is 31.2 Å². The molecule has 4 saturated carbocycles. The van der Waals surface area contributed by atoms with Crippen LogP contribution in [0.4, 0.5) is 0 Å². The van der Waals surface area contributed by atoms with Crippen LogP contribution in [0.15, 0.2) is 24.5 Å². The smallest absolute Gasteiger partial charge is 0.331 e. The molecule has 5 aliphatic rings. The van der Waals surface area contributed by atoms with Gasteiger partial charge in [0.2, 0.25) is 0 Å². The van der Waals surface area contributed by atoms with Crippen molar-refractivity contribution in [2.75, 3.05) is 19.4 Å². The van der Waals surface area contributed by atoms with Gasteiger partial charge in [0.25, 0.3) is 0 Å². The van der Waals surface area contributed by atoms with Crippen molar-refractivity contribution in [1.82, 2.24) is 4.98 Å². The molecule has 13 atom stereocenters. The van der Waals surface area contributed by atoms with Crippen LogP contribution in [0.2, 0.25) is 0 Å². The largest absolute Gasteiger partial charge is 0.393 e. The molecule has 5 fully saturated rings. The number of aliphatic hydroxyl groups is 2. The van der Waals surface area contributed by atoms with E-state index in [4.69, 9.17) is 9.05 Å². The summed E-state index contributed by atoms with van der Waals surface area (Å²) in [6, 6.07) is 4.03. The van der Waals surface area contributed by atoms with Gasteiger partial charge in [-0.15, -0.1) is 0 Å². The van der Waals surface area contributed by atoms with E-state index < -0.39 is 7.60 Å². The van der Waals surface area contributed by atoms with Crippen molar-refractivity contribution in [3.8, 4) is 0 Å². The number of rotatable bonds is 7. The second-order valence-electron chi connectivity index (χ2n) is 15.9. The van der Waals surface area contributed by atoms with Gasteiger partial charge in [-0.2, -0.15) is 0 Å². The quantitative estimate of drug-likeness (QED) is 0.312. The van der Waals surface area contributed by atoms with Crippen LogP contribution in [0, 0.1) is 58.2 Å². The fraction of sp³-hybridized carbons (Fsp3) is 0.857. The van der Waals surface area contributed by atoms with Gasteiger partial charge in [-0.25, -0.2) is 0 Å². The first kappa shape index (κ1) is 31.2. The molecule has 42 heavy (non-hydrogen) atoms. The Kier molecular flexibility index (Phi) is 8.82. The van der Waals surface area contributed by atoms with E-state index in [0.717, 1.165) is 32.1 Å². The molecule has 1 aliphatic heterocycles. The zero-order valence-electron chi connectivity index (χ0n) is 26.7. The zero-order chi connectivity index (χ0) is 29.9. The topological polar surface area (TPSA) is 88.9 Å². The summed E-state index contributed by atoms with van der Waals surface area (Å²) in [5.41, 5.74) is 1.61. The molecular weight excluding hydrogens is 545 g/mol. The lowest BCUT2D eigenvalue weighted by Gasteiger charge is -2.65. The predicted octanol–water partition coefficient (Wildman–Crippen LogP) is 7.69. The Morgan fingerprint density at radius 3 is 2.45 bits per heavy atom. The Hall–Kier alpha value is -0.780. The molecular formula is C35H56NO5P. The molecule has 1 saturated heterocycles. The van der Waals surface area contributed by atoms with E-state index in [1.54, 1.807) is 12.4 Å². The average molecular weight is 602 g/mol. The summed E-state index contributed by atoms with van der Waals surface area (Å²) in [5.74, 6) is 3.81. The molecule has 236 valence electrons. The molecule has 4 unspecified atom stereocenters. The van der Waals surface area contributed by atoms with Gasteiger partial charge >= 0.3 is 7.60 Å². The Morgan fingerprint density at radius 1 is 1.00 bits per heavy atom. The van der Waals surface area contributed by atoms with Crippen LogP contribution in [-0.2, 0) is 13.6 Å².